The number of ether oxygens (including phenoxy) is 1. The Kier molecular flexibility index (Phi) is 5.63. The Labute approximate surface area is 140 Å². The minimum atomic E-state index is -0.941. The number of aliphatic carboxylic acids is 1. The van der Waals surface area contributed by atoms with Crippen LogP contribution in [0.2, 0.25) is 0 Å². The van der Waals surface area contributed by atoms with E-state index in [1.165, 1.54) is 18.9 Å². The molecule has 0 saturated carbocycles. The van der Waals surface area contributed by atoms with Crippen molar-refractivity contribution in [2.45, 2.75) is 16.2 Å². The molecule has 0 aliphatic carbocycles. The molecule has 0 fully saturated rings. The first kappa shape index (κ1) is 16.6. The van der Waals surface area contributed by atoms with Gasteiger partial charge in [-0.2, -0.15) is 0 Å². The number of benzene rings is 2. The maximum Gasteiger partial charge on any atom is 0.339 e. The number of methoxy groups -OCH3 is 1. The predicted molar refractivity (Wildman–Crippen MR) is 87.4 cm³/mol. The largest absolute Gasteiger partial charge is 0.481 e. The molecule has 0 aliphatic rings. The number of carboxylic acid groups (broad SMARTS) is 1. The minimum absolute atomic E-state index is 0.132. The van der Waals surface area contributed by atoms with Gasteiger partial charge in [0.1, 0.15) is 0 Å². The van der Waals surface area contributed by atoms with Crippen LogP contribution >= 0.6 is 27.7 Å². The Balaban J connectivity index is 2.34. The zero-order valence-electron chi connectivity index (χ0n) is 11.7. The topological polar surface area (TPSA) is 63.6 Å². The summed E-state index contributed by atoms with van der Waals surface area (Å²) in [4.78, 5) is 24.4. The van der Waals surface area contributed by atoms with Gasteiger partial charge >= 0.3 is 11.9 Å². The van der Waals surface area contributed by atoms with E-state index in [0.29, 0.717) is 11.1 Å². The lowest BCUT2D eigenvalue weighted by Gasteiger charge is -2.09. The van der Waals surface area contributed by atoms with Gasteiger partial charge in [0.15, 0.2) is 0 Å². The summed E-state index contributed by atoms with van der Waals surface area (Å²) in [5, 5.41) is 8.86. The van der Waals surface area contributed by atoms with Crippen molar-refractivity contribution in [1.29, 1.82) is 0 Å². The number of halogens is 1. The summed E-state index contributed by atoms with van der Waals surface area (Å²) < 4.78 is 5.76. The third-order valence-corrected chi connectivity index (χ3v) is 4.46. The normalized spacial score (nSPS) is 10.3. The summed E-state index contributed by atoms with van der Waals surface area (Å²) in [6, 6.07) is 12.7. The van der Waals surface area contributed by atoms with Gasteiger partial charge in [-0.15, -0.1) is 0 Å². The number of carbonyl (C=O) groups is 2. The molecule has 0 aliphatic heterocycles. The molecule has 0 aromatic heterocycles. The number of carbonyl (C=O) groups excluding carboxylic acids is 1. The van der Waals surface area contributed by atoms with E-state index in [1.54, 1.807) is 18.2 Å². The first-order chi connectivity index (χ1) is 10.5. The fourth-order valence-electron chi connectivity index (χ4n) is 1.85. The zero-order chi connectivity index (χ0) is 16.1. The van der Waals surface area contributed by atoms with Crippen LogP contribution in [0, 0.1) is 0 Å². The summed E-state index contributed by atoms with van der Waals surface area (Å²) in [5.41, 5.74) is 0.933. The van der Waals surface area contributed by atoms with Crippen LogP contribution in [0.15, 0.2) is 56.7 Å². The second-order valence-electron chi connectivity index (χ2n) is 4.45. The van der Waals surface area contributed by atoms with E-state index in [2.05, 4.69) is 15.9 Å². The van der Waals surface area contributed by atoms with Gasteiger partial charge in [-0.1, -0.05) is 33.8 Å². The van der Waals surface area contributed by atoms with Crippen molar-refractivity contribution >= 4 is 39.6 Å². The van der Waals surface area contributed by atoms with Crippen LogP contribution in [0.5, 0.6) is 0 Å². The highest BCUT2D eigenvalue weighted by Crippen LogP contribution is 2.32. The summed E-state index contributed by atoms with van der Waals surface area (Å²) in [7, 11) is 1.31. The highest BCUT2D eigenvalue weighted by atomic mass is 79.9. The Morgan fingerprint density at radius 3 is 2.45 bits per heavy atom. The second-order valence-corrected chi connectivity index (χ2v) is 6.48. The third-order valence-electron chi connectivity index (χ3n) is 2.85. The zero-order valence-corrected chi connectivity index (χ0v) is 14.1. The minimum Gasteiger partial charge on any atom is -0.481 e. The molecule has 0 unspecified atom stereocenters. The molecule has 114 valence electrons. The number of hydrogen-bond donors (Lipinski definition) is 1. The SMILES string of the molecule is COC(=O)c1cc(CC(=O)O)ccc1Sc1ccc(Br)cc1. The first-order valence-electron chi connectivity index (χ1n) is 6.36. The molecular weight excluding hydrogens is 368 g/mol. The van der Waals surface area contributed by atoms with Gasteiger partial charge in [0.2, 0.25) is 0 Å². The summed E-state index contributed by atoms with van der Waals surface area (Å²) in [5.74, 6) is -1.42. The monoisotopic (exact) mass is 380 g/mol. The molecule has 1 N–H and O–H groups in total. The van der Waals surface area contributed by atoms with E-state index in [0.717, 1.165) is 14.3 Å². The van der Waals surface area contributed by atoms with E-state index in [9.17, 15) is 9.59 Å². The number of esters is 1. The average molecular weight is 381 g/mol. The van der Waals surface area contributed by atoms with Crippen molar-refractivity contribution in [3.63, 3.8) is 0 Å². The van der Waals surface area contributed by atoms with Gasteiger partial charge in [0.05, 0.1) is 19.1 Å². The molecular formula is C16H13BrO4S. The van der Waals surface area contributed by atoms with Crippen LogP contribution in [0.25, 0.3) is 0 Å². The molecule has 0 spiro atoms. The van der Waals surface area contributed by atoms with Gasteiger partial charge in [-0.05, 0) is 42.0 Å². The lowest BCUT2D eigenvalue weighted by molar-refractivity contribution is -0.136. The van der Waals surface area contributed by atoms with E-state index in [-0.39, 0.29) is 6.42 Å². The summed E-state index contributed by atoms with van der Waals surface area (Å²) in [6.45, 7) is 0. The van der Waals surface area contributed by atoms with Crippen molar-refractivity contribution < 1.29 is 19.4 Å². The van der Waals surface area contributed by atoms with E-state index >= 15 is 0 Å². The van der Waals surface area contributed by atoms with Gasteiger partial charge in [0.25, 0.3) is 0 Å². The Bertz CT molecular complexity index is 698. The maximum atomic E-state index is 11.9. The molecule has 22 heavy (non-hydrogen) atoms. The molecule has 0 bridgehead atoms. The number of hydrogen-bond acceptors (Lipinski definition) is 4. The van der Waals surface area contributed by atoms with Crippen LogP contribution in [-0.2, 0) is 16.0 Å². The average Bonchev–Trinajstić information content (AvgIpc) is 2.49. The third kappa shape index (κ3) is 4.35. The highest BCUT2D eigenvalue weighted by molar-refractivity contribution is 9.10. The van der Waals surface area contributed by atoms with Gasteiger partial charge in [-0.3, -0.25) is 4.79 Å². The molecule has 0 saturated heterocycles. The van der Waals surface area contributed by atoms with Crippen LogP contribution < -0.4 is 0 Å². The molecule has 2 rings (SSSR count). The fraction of sp³-hybridized carbons (Fsp3) is 0.125. The highest BCUT2D eigenvalue weighted by Gasteiger charge is 2.15. The quantitative estimate of drug-likeness (QED) is 0.793. The smallest absolute Gasteiger partial charge is 0.339 e. The first-order valence-corrected chi connectivity index (χ1v) is 7.97. The molecule has 6 heteroatoms. The summed E-state index contributed by atoms with van der Waals surface area (Å²) >= 11 is 4.80. The van der Waals surface area contributed by atoms with E-state index in [1.807, 2.05) is 24.3 Å². The molecule has 0 radical (unpaired) electrons. The Morgan fingerprint density at radius 2 is 1.86 bits per heavy atom. The van der Waals surface area contributed by atoms with Crippen molar-refractivity contribution in [2.24, 2.45) is 0 Å². The lowest BCUT2D eigenvalue weighted by Crippen LogP contribution is -2.06. The second kappa shape index (κ2) is 7.47. The molecule has 0 amide bonds. The molecule has 0 atom stereocenters. The van der Waals surface area contributed by atoms with Crippen molar-refractivity contribution in [1.82, 2.24) is 0 Å². The van der Waals surface area contributed by atoms with Crippen LogP contribution in [0.4, 0.5) is 0 Å². The van der Waals surface area contributed by atoms with E-state index < -0.39 is 11.9 Å². The summed E-state index contributed by atoms with van der Waals surface area (Å²) in [6.07, 6.45) is -0.132. The van der Waals surface area contributed by atoms with Crippen LogP contribution in [-0.4, -0.2) is 24.2 Å². The fourth-order valence-corrected chi connectivity index (χ4v) is 3.03. The van der Waals surface area contributed by atoms with Crippen molar-refractivity contribution in [3.05, 3.63) is 58.1 Å². The Hall–Kier alpha value is -1.79. The standard InChI is InChI=1S/C16H13BrO4S/c1-21-16(20)13-8-10(9-15(18)19)2-7-14(13)22-12-5-3-11(17)4-6-12/h2-8H,9H2,1H3,(H,18,19). The van der Waals surface area contributed by atoms with Crippen molar-refractivity contribution in [2.75, 3.05) is 7.11 Å². The van der Waals surface area contributed by atoms with Crippen LogP contribution in [0.1, 0.15) is 15.9 Å². The van der Waals surface area contributed by atoms with Gasteiger partial charge in [0, 0.05) is 14.3 Å². The number of carboxylic acids is 1. The molecule has 2 aromatic carbocycles. The number of rotatable bonds is 5. The lowest BCUT2D eigenvalue weighted by atomic mass is 10.1. The molecule has 2 aromatic rings. The van der Waals surface area contributed by atoms with E-state index in [4.69, 9.17) is 9.84 Å². The van der Waals surface area contributed by atoms with Crippen molar-refractivity contribution in [3.8, 4) is 0 Å². The molecule has 0 heterocycles. The van der Waals surface area contributed by atoms with Gasteiger partial charge in [-0.25, -0.2) is 4.79 Å². The maximum absolute atomic E-state index is 11.9. The van der Waals surface area contributed by atoms with Gasteiger partial charge < -0.3 is 9.84 Å². The Morgan fingerprint density at radius 1 is 1.18 bits per heavy atom. The van der Waals surface area contributed by atoms with Crippen LogP contribution in [0.3, 0.4) is 0 Å². The predicted octanol–water partition coefficient (Wildman–Crippen LogP) is 4.01. The molecule has 4 nitrogen and oxygen atoms in total.